The minimum atomic E-state index is -0.888. The summed E-state index contributed by atoms with van der Waals surface area (Å²) >= 11 is 0. The second-order valence-electron chi connectivity index (χ2n) is 4.92. The van der Waals surface area contributed by atoms with E-state index in [0.29, 0.717) is 13.1 Å². The van der Waals surface area contributed by atoms with Crippen LogP contribution in [-0.2, 0) is 4.79 Å². The molecule has 0 aromatic carbocycles. The highest BCUT2D eigenvalue weighted by Gasteiger charge is 2.34. The molecule has 2 N–H and O–H groups in total. The monoisotopic (exact) mass is 272 g/mol. The molecule has 2 amide bonds. The molecule has 1 aliphatic rings. The number of carbonyl (C=O) groups excluding carboxylic acids is 1. The third-order valence-corrected chi connectivity index (χ3v) is 3.22. The molecule has 0 unspecified atom stereocenters. The van der Waals surface area contributed by atoms with Gasteiger partial charge >= 0.3 is 12.0 Å². The summed E-state index contributed by atoms with van der Waals surface area (Å²) in [6.07, 6.45) is 3.75. The number of aliphatic hydroxyl groups excluding tert-OH is 1. The Labute approximate surface area is 114 Å². The molecule has 110 valence electrons. The van der Waals surface area contributed by atoms with Crippen LogP contribution in [0.5, 0.6) is 0 Å². The first-order valence-electron chi connectivity index (χ1n) is 6.98. The first kappa shape index (κ1) is 15.8. The van der Waals surface area contributed by atoms with Crippen molar-refractivity contribution >= 4 is 12.0 Å². The van der Waals surface area contributed by atoms with Gasteiger partial charge in [-0.1, -0.05) is 13.3 Å². The zero-order valence-corrected chi connectivity index (χ0v) is 11.5. The smallest absolute Gasteiger partial charge is 0.320 e. The zero-order chi connectivity index (χ0) is 14.3. The van der Waals surface area contributed by atoms with Crippen molar-refractivity contribution in [2.24, 2.45) is 0 Å². The van der Waals surface area contributed by atoms with Crippen LogP contribution in [0, 0.1) is 0 Å². The molecular weight excluding hydrogens is 248 g/mol. The number of urea groups is 1. The molecule has 1 fully saturated rings. The molecule has 0 saturated heterocycles. The fourth-order valence-corrected chi connectivity index (χ4v) is 1.99. The molecule has 6 nitrogen and oxygen atoms in total. The van der Waals surface area contributed by atoms with Crippen LogP contribution in [0.4, 0.5) is 4.79 Å². The number of nitrogens with zero attached hydrogens (tertiary/aromatic N) is 2. The number of aliphatic carboxylic acids is 1. The summed E-state index contributed by atoms with van der Waals surface area (Å²) in [5.74, 6) is -0.888. The predicted octanol–water partition coefficient (Wildman–Crippen LogP) is 1.14. The second-order valence-corrected chi connectivity index (χ2v) is 4.92. The molecule has 0 aromatic rings. The van der Waals surface area contributed by atoms with E-state index in [4.69, 9.17) is 10.2 Å². The number of carbonyl (C=O) groups is 2. The fourth-order valence-electron chi connectivity index (χ4n) is 1.99. The van der Waals surface area contributed by atoms with Gasteiger partial charge in [0.05, 0.1) is 13.0 Å². The molecule has 0 bridgehead atoms. The summed E-state index contributed by atoms with van der Waals surface area (Å²) in [5, 5.41) is 17.8. The SMILES string of the molecule is CCCCN(CCO)C(=O)N(CCC(=O)O)C1CC1. The van der Waals surface area contributed by atoms with Crippen LogP contribution in [-0.4, -0.2) is 64.3 Å². The summed E-state index contributed by atoms with van der Waals surface area (Å²) in [5.41, 5.74) is 0. The maximum Gasteiger partial charge on any atom is 0.320 e. The largest absolute Gasteiger partial charge is 0.481 e. The fraction of sp³-hybridized carbons (Fsp3) is 0.846. The Hall–Kier alpha value is -1.30. The lowest BCUT2D eigenvalue weighted by molar-refractivity contribution is -0.137. The van der Waals surface area contributed by atoms with Crippen molar-refractivity contribution in [1.29, 1.82) is 0 Å². The Kier molecular flexibility index (Phi) is 6.62. The van der Waals surface area contributed by atoms with Crippen LogP contribution in [0.2, 0.25) is 0 Å². The van der Waals surface area contributed by atoms with E-state index >= 15 is 0 Å². The molecule has 19 heavy (non-hydrogen) atoms. The quantitative estimate of drug-likeness (QED) is 0.659. The van der Waals surface area contributed by atoms with Gasteiger partial charge in [0.25, 0.3) is 0 Å². The van der Waals surface area contributed by atoms with Gasteiger partial charge in [-0.05, 0) is 19.3 Å². The molecule has 0 aromatic heterocycles. The Morgan fingerprint density at radius 3 is 2.37 bits per heavy atom. The average Bonchev–Trinajstić information content (AvgIpc) is 3.18. The zero-order valence-electron chi connectivity index (χ0n) is 11.5. The third kappa shape index (κ3) is 5.46. The van der Waals surface area contributed by atoms with Crippen molar-refractivity contribution in [3.8, 4) is 0 Å². The first-order chi connectivity index (χ1) is 9.10. The molecule has 0 spiro atoms. The molecule has 6 heteroatoms. The highest BCUT2D eigenvalue weighted by atomic mass is 16.4. The Morgan fingerprint density at radius 1 is 1.21 bits per heavy atom. The number of hydrogen-bond acceptors (Lipinski definition) is 3. The van der Waals surface area contributed by atoms with Gasteiger partial charge in [-0.25, -0.2) is 4.79 Å². The normalized spacial score (nSPS) is 14.2. The van der Waals surface area contributed by atoms with Crippen LogP contribution in [0.3, 0.4) is 0 Å². The molecule has 0 aliphatic heterocycles. The highest BCUT2D eigenvalue weighted by molar-refractivity contribution is 5.76. The Balaban J connectivity index is 2.57. The average molecular weight is 272 g/mol. The number of aliphatic hydroxyl groups is 1. The Bertz CT molecular complexity index is 305. The van der Waals surface area contributed by atoms with Crippen molar-refractivity contribution in [3.63, 3.8) is 0 Å². The van der Waals surface area contributed by atoms with E-state index in [2.05, 4.69) is 0 Å². The lowest BCUT2D eigenvalue weighted by Crippen LogP contribution is -2.46. The van der Waals surface area contributed by atoms with Gasteiger partial charge in [0, 0.05) is 25.7 Å². The summed E-state index contributed by atoms with van der Waals surface area (Å²) in [6, 6.07) is 0.0564. The number of carboxylic acid groups (broad SMARTS) is 1. The number of unbranched alkanes of at least 4 members (excludes halogenated alkanes) is 1. The van der Waals surface area contributed by atoms with Gasteiger partial charge in [0.2, 0.25) is 0 Å². The third-order valence-electron chi connectivity index (χ3n) is 3.22. The van der Waals surface area contributed by atoms with Gasteiger partial charge in [0.15, 0.2) is 0 Å². The van der Waals surface area contributed by atoms with Crippen LogP contribution in [0.1, 0.15) is 39.0 Å². The first-order valence-corrected chi connectivity index (χ1v) is 6.98. The van der Waals surface area contributed by atoms with Crippen molar-refractivity contribution in [3.05, 3.63) is 0 Å². The minimum Gasteiger partial charge on any atom is -0.481 e. The van der Waals surface area contributed by atoms with Crippen molar-refractivity contribution in [1.82, 2.24) is 9.80 Å². The van der Waals surface area contributed by atoms with E-state index < -0.39 is 5.97 Å². The maximum absolute atomic E-state index is 12.4. The van der Waals surface area contributed by atoms with E-state index in [-0.39, 0.29) is 31.6 Å². The number of rotatable bonds is 9. The number of carboxylic acids is 1. The molecule has 1 saturated carbocycles. The van der Waals surface area contributed by atoms with Gasteiger partial charge < -0.3 is 20.0 Å². The van der Waals surface area contributed by atoms with Crippen LogP contribution >= 0.6 is 0 Å². The van der Waals surface area contributed by atoms with Crippen LogP contribution < -0.4 is 0 Å². The molecule has 0 heterocycles. The van der Waals surface area contributed by atoms with E-state index in [9.17, 15) is 9.59 Å². The van der Waals surface area contributed by atoms with E-state index in [1.54, 1.807) is 9.80 Å². The summed E-state index contributed by atoms with van der Waals surface area (Å²) < 4.78 is 0. The van der Waals surface area contributed by atoms with E-state index in [0.717, 1.165) is 25.7 Å². The summed E-state index contributed by atoms with van der Waals surface area (Å²) in [4.78, 5) is 26.3. The maximum atomic E-state index is 12.4. The lowest BCUT2D eigenvalue weighted by Gasteiger charge is -2.30. The minimum absolute atomic E-state index is 0.0248. The van der Waals surface area contributed by atoms with Gasteiger partial charge in [-0.2, -0.15) is 0 Å². The summed E-state index contributed by atoms with van der Waals surface area (Å²) in [7, 11) is 0. The van der Waals surface area contributed by atoms with Crippen molar-refractivity contribution < 1.29 is 19.8 Å². The Morgan fingerprint density at radius 2 is 1.89 bits per heavy atom. The standard InChI is InChI=1S/C13H24N2O4/c1-2-3-7-14(9-10-16)13(19)15(11-4-5-11)8-6-12(17)18/h11,16H,2-10H2,1H3,(H,17,18). The second kappa shape index (κ2) is 7.99. The topological polar surface area (TPSA) is 81.1 Å². The summed E-state index contributed by atoms with van der Waals surface area (Å²) in [6.45, 7) is 3.17. The molecule has 1 rings (SSSR count). The van der Waals surface area contributed by atoms with Crippen molar-refractivity contribution in [2.45, 2.75) is 45.1 Å². The van der Waals surface area contributed by atoms with Crippen LogP contribution in [0.15, 0.2) is 0 Å². The lowest BCUT2D eigenvalue weighted by atomic mass is 10.3. The van der Waals surface area contributed by atoms with E-state index in [1.165, 1.54) is 0 Å². The molecular formula is C13H24N2O4. The number of amides is 2. The molecule has 0 atom stereocenters. The van der Waals surface area contributed by atoms with Gasteiger partial charge in [-0.15, -0.1) is 0 Å². The predicted molar refractivity (Wildman–Crippen MR) is 70.9 cm³/mol. The highest BCUT2D eigenvalue weighted by Crippen LogP contribution is 2.28. The van der Waals surface area contributed by atoms with Gasteiger partial charge in [-0.3, -0.25) is 4.79 Å². The van der Waals surface area contributed by atoms with E-state index in [1.807, 2.05) is 6.92 Å². The van der Waals surface area contributed by atoms with Crippen molar-refractivity contribution in [2.75, 3.05) is 26.2 Å². The van der Waals surface area contributed by atoms with Crippen LogP contribution in [0.25, 0.3) is 0 Å². The number of hydrogen-bond donors (Lipinski definition) is 2. The molecule has 1 aliphatic carbocycles. The molecule has 0 radical (unpaired) electrons. The van der Waals surface area contributed by atoms with Gasteiger partial charge in [0.1, 0.15) is 0 Å².